The highest BCUT2D eigenvalue weighted by Gasteiger charge is 2.17. The lowest BCUT2D eigenvalue weighted by molar-refractivity contribution is -0.127. The molecule has 0 radical (unpaired) electrons. The molecular formula is C21H23N5O2. The predicted molar refractivity (Wildman–Crippen MR) is 107 cm³/mol. The van der Waals surface area contributed by atoms with E-state index in [0.717, 1.165) is 28.2 Å². The van der Waals surface area contributed by atoms with Gasteiger partial charge in [0.2, 0.25) is 11.8 Å². The van der Waals surface area contributed by atoms with Crippen molar-refractivity contribution in [3.05, 3.63) is 60.0 Å². The first-order valence-corrected chi connectivity index (χ1v) is 9.06. The molecule has 7 heteroatoms. The third-order valence-corrected chi connectivity index (χ3v) is 4.24. The van der Waals surface area contributed by atoms with Gasteiger partial charge in [-0.3, -0.25) is 14.6 Å². The molecule has 7 nitrogen and oxygen atoms in total. The van der Waals surface area contributed by atoms with Crippen LogP contribution in [0.4, 0.5) is 0 Å². The second-order valence-corrected chi connectivity index (χ2v) is 6.63. The number of imidazole rings is 1. The Bertz CT molecular complexity index is 964. The minimum atomic E-state index is -0.612. The third kappa shape index (κ3) is 4.62. The SMILES string of the molecule is CC(=O)N[C@@H](C)C(=O)NCc1nc(-c2ccc(C)cc2)c(-c2ccccn2)[nH]1. The summed E-state index contributed by atoms with van der Waals surface area (Å²) in [6, 6.07) is 13.2. The minimum Gasteiger partial charge on any atom is -0.347 e. The summed E-state index contributed by atoms with van der Waals surface area (Å²) in [4.78, 5) is 35.6. The van der Waals surface area contributed by atoms with Gasteiger partial charge in [-0.25, -0.2) is 4.98 Å². The van der Waals surface area contributed by atoms with E-state index >= 15 is 0 Å². The number of carbonyl (C=O) groups is 2. The van der Waals surface area contributed by atoms with Gasteiger partial charge >= 0.3 is 0 Å². The van der Waals surface area contributed by atoms with Crippen molar-refractivity contribution in [3.8, 4) is 22.6 Å². The van der Waals surface area contributed by atoms with Crippen LogP contribution in [0, 0.1) is 6.92 Å². The molecule has 0 unspecified atom stereocenters. The van der Waals surface area contributed by atoms with Crippen molar-refractivity contribution in [1.82, 2.24) is 25.6 Å². The van der Waals surface area contributed by atoms with Crippen molar-refractivity contribution in [2.24, 2.45) is 0 Å². The van der Waals surface area contributed by atoms with E-state index in [1.54, 1.807) is 13.1 Å². The smallest absolute Gasteiger partial charge is 0.242 e. The molecule has 2 heterocycles. The third-order valence-electron chi connectivity index (χ3n) is 4.24. The van der Waals surface area contributed by atoms with E-state index < -0.39 is 6.04 Å². The Hall–Kier alpha value is -3.48. The normalized spacial score (nSPS) is 11.7. The van der Waals surface area contributed by atoms with Crippen LogP contribution in [0.1, 0.15) is 25.2 Å². The van der Waals surface area contributed by atoms with Gasteiger partial charge in [0, 0.05) is 18.7 Å². The van der Waals surface area contributed by atoms with Crippen LogP contribution >= 0.6 is 0 Å². The average Bonchev–Trinajstić information content (AvgIpc) is 3.11. The highest BCUT2D eigenvalue weighted by molar-refractivity contribution is 5.86. The second-order valence-electron chi connectivity index (χ2n) is 6.63. The molecule has 0 saturated heterocycles. The monoisotopic (exact) mass is 377 g/mol. The van der Waals surface area contributed by atoms with Crippen LogP contribution in [0.5, 0.6) is 0 Å². The summed E-state index contributed by atoms with van der Waals surface area (Å²) in [6.07, 6.45) is 1.73. The van der Waals surface area contributed by atoms with Crippen molar-refractivity contribution in [2.45, 2.75) is 33.4 Å². The number of aryl methyl sites for hydroxylation is 1. The first kappa shape index (κ1) is 19.3. The van der Waals surface area contributed by atoms with Crippen LogP contribution in [-0.4, -0.2) is 32.8 Å². The van der Waals surface area contributed by atoms with Crippen LogP contribution in [0.2, 0.25) is 0 Å². The number of amides is 2. The fraction of sp³-hybridized carbons (Fsp3) is 0.238. The second kappa shape index (κ2) is 8.47. The molecule has 3 aromatic rings. The van der Waals surface area contributed by atoms with Crippen LogP contribution < -0.4 is 10.6 Å². The van der Waals surface area contributed by atoms with Gasteiger partial charge in [0.25, 0.3) is 0 Å². The summed E-state index contributed by atoms with van der Waals surface area (Å²) in [5, 5.41) is 5.35. The van der Waals surface area contributed by atoms with E-state index in [2.05, 4.69) is 25.6 Å². The summed E-state index contributed by atoms with van der Waals surface area (Å²) in [5.41, 5.74) is 4.47. The van der Waals surface area contributed by atoms with Gasteiger partial charge in [0.05, 0.1) is 23.6 Å². The average molecular weight is 377 g/mol. The molecule has 0 aliphatic rings. The number of benzene rings is 1. The number of aromatic amines is 1. The lowest BCUT2D eigenvalue weighted by Crippen LogP contribution is -2.43. The summed E-state index contributed by atoms with van der Waals surface area (Å²) >= 11 is 0. The maximum absolute atomic E-state index is 12.1. The number of nitrogens with one attached hydrogen (secondary N) is 3. The van der Waals surface area contributed by atoms with Gasteiger partial charge in [0.15, 0.2) is 0 Å². The Morgan fingerprint density at radius 1 is 1.14 bits per heavy atom. The van der Waals surface area contributed by atoms with Gasteiger partial charge in [-0.15, -0.1) is 0 Å². The summed E-state index contributed by atoms with van der Waals surface area (Å²) in [7, 11) is 0. The van der Waals surface area contributed by atoms with Crippen molar-refractivity contribution < 1.29 is 9.59 Å². The summed E-state index contributed by atoms with van der Waals surface area (Å²) in [5.74, 6) is 0.0854. The van der Waals surface area contributed by atoms with Gasteiger partial charge in [0.1, 0.15) is 11.9 Å². The fourth-order valence-electron chi connectivity index (χ4n) is 2.82. The van der Waals surface area contributed by atoms with Gasteiger partial charge in [-0.2, -0.15) is 0 Å². The lowest BCUT2D eigenvalue weighted by atomic mass is 10.1. The zero-order chi connectivity index (χ0) is 20.1. The molecule has 144 valence electrons. The molecule has 0 spiro atoms. The molecule has 1 aromatic carbocycles. The molecule has 3 rings (SSSR count). The Kier molecular flexibility index (Phi) is 5.84. The zero-order valence-electron chi connectivity index (χ0n) is 16.1. The van der Waals surface area contributed by atoms with E-state index in [1.165, 1.54) is 6.92 Å². The standard InChI is InChI=1S/C21H23N5O2/c1-13-7-9-16(10-8-13)19-20(17-6-4-5-11-22-17)26-18(25-19)12-23-21(28)14(2)24-15(3)27/h4-11,14H,12H2,1-3H3,(H,23,28)(H,24,27)(H,25,26)/t14-/m0/s1. The van der Waals surface area contributed by atoms with Crippen molar-refractivity contribution in [1.29, 1.82) is 0 Å². The molecule has 0 saturated carbocycles. The van der Waals surface area contributed by atoms with E-state index in [9.17, 15) is 9.59 Å². The highest BCUT2D eigenvalue weighted by Crippen LogP contribution is 2.29. The maximum atomic E-state index is 12.1. The number of aromatic nitrogens is 3. The van der Waals surface area contributed by atoms with Crippen LogP contribution in [0.3, 0.4) is 0 Å². The molecule has 0 bridgehead atoms. The van der Waals surface area contributed by atoms with Crippen LogP contribution in [0.15, 0.2) is 48.7 Å². The number of hydrogen-bond acceptors (Lipinski definition) is 4. The first-order valence-electron chi connectivity index (χ1n) is 9.06. The molecule has 0 aliphatic heterocycles. The molecule has 0 aliphatic carbocycles. The Labute approximate surface area is 163 Å². The molecule has 2 aromatic heterocycles. The summed E-state index contributed by atoms with van der Waals surface area (Å²) in [6.45, 7) is 5.26. The number of rotatable bonds is 6. The molecule has 1 atom stereocenters. The number of hydrogen-bond donors (Lipinski definition) is 3. The topological polar surface area (TPSA) is 99.8 Å². The predicted octanol–water partition coefficient (Wildman–Crippen LogP) is 2.59. The van der Waals surface area contributed by atoms with E-state index in [0.29, 0.717) is 5.82 Å². The minimum absolute atomic E-state index is 0.217. The van der Waals surface area contributed by atoms with Gasteiger partial charge < -0.3 is 15.6 Å². The van der Waals surface area contributed by atoms with E-state index in [1.807, 2.05) is 49.4 Å². The number of nitrogens with zero attached hydrogens (tertiary/aromatic N) is 2. The lowest BCUT2D eigenvalue weighted by Gasteiger charge is -2.11. The molecule has 3 N–H and O–H groups in total. The molecular weight excluding hydrogens is 354 g/mol. The Balaban J connectivity index is 1.86. The number of pyridine rings is 1. The van der Waals surface area contributed by atoms with Gasteiger partial charge in [-0.1, -0.05) is 35.9 Å². The van der Waals surface area contributed by atoms with E-state index in [-0.39, 0.29) is 18.4 Å². The van der Waals surface area contributed by atoms with Crippen LogP contribution in [0.25, 0.3) is 22.6 Å². The van der Waals surface area contributed by atoms with E-state index in [4.69, 9.17) is 0 Å². The molecule has 2 amide bonds. The quantitative estimate of drug-likeness (QED) is 0.615. The molecule has 28 heavy (non-hydrogen) atoms. The Morgan fingerprint density at radius 3 is 2.54 bits per heavy atom. The largest absolute Gasteiger partial charge is 0.347 e. The van der Waals surface area contributed by atoms with Crippen molar-refractivity contribution in [3.63, 3.8) is 0 Å². The highest BCUT2D eigenvalue weighted by atomic mass is 16.2. The van der Waals surface area contributed by atoms with Crippen molar-refractivity contribution >= 4 is 11.8 Å². The zero-order valence-corrected chi connectivity index (χ0v) is 16.1. The number of H-pyrrole nitrogens is 1. The Morgan fingerprint density at radius 2 is 1.89 bits per heavy atom. The fourth-order valence-corrected chi connectivity index (χ4v) is 2.82. The van der Waals surface area contributed by atoms with Gasteiger partial charge in [-0.05, 0) is 26.0 Å². The van der Waals surface area contributed by atoms with Crippen molar-refractivity contribution in [2.75, 3.05) is 0 Å². The summed E-state index contributed by atoms with van der Waals surface area (Å²) < 4.78 is 0. The van der Waals surface area contributed by atoms with Crippen LogP contribution in [-0.2, 0) is 16.1 Å². The molecule has 0 fully saturated rings. The first-order chi connectivity index (χ1) is 13.4. The maximum Gasteiger partial charge on any atom is 0.242 e. The number of carbonyl (C=O) groups excluding carboxylic acids is 2.